The number of hydrogen-bond donors (Lipinski definition) is 1. The molecule has 0 saturated heterocycles. The molecule has 0 unspecified atom stereocenters. The number of nitriles is 1. The van der Waals surface area contributed by atoms with E-state index in [0.717, 1.165) is 27.5 Å². The van der Waals surface area contributed by atoms with Crippen LogP contribution in [0.2, 0.25) is 0 Å². The Labute approximate surface area is 132 Å². The first kappa shape index (κ1) is 13.4. The smallest absolute Gasteiger partial charge is 0.268 e. The van der Waals surface area contributed by atoms with Gasteiger partial charge in [0, 0.05) is 23.4 Å². The summed E-state index contributed by atoms with van der Waals surface area (Å²) in [6.45, 7) is 0. The second kappa shape index (κ2) is 4.85. The van der Waals surface area contributed by atoms with Gasteiger partial charge in [-0.05, 0) is 11.6 Å². The van der Waals surface area contributed by atoms with Gasteiger partial charge in [-0.1, -0.05) is 48.5 Å². The summed E-state index contributed by atoms with van der Waals surface area (Å²) >= 11 is 0. The minimum atomic E-state index is -0.357. The van der Waals surface area contributed by atoms with Gasteiger partial charge < -0.3 is 9.55 Å². The summed E-state index contributed by atoms with van der Waals surface area (Å²) < 4.78 is 1.96. The second-order valence-corrected chi connectivity index (χ2v) is 5.48. The number of nitrogens with zero attached hydrogens (tertiary/aromatic N) is 2. The van der Waals surface area contributed by atoms with Crippen LogP contribution < -0.4 is 5.56 Å². The Balaban J connectivity index is 2.34. The summed E-state index contributed by atoms with van der Waals surface area (Å²) in [5, 5.41) is 11.5. The predicted octanol–water partition coefficient (Wildman–Crippen LogP) is 3.56. The number of pyridine rings is 1. The average molecular weight is 299 g/mol. The number of benzene rings is 2. The highest BCUT2D eigenvalue weighted by Gasteiger charge is 2.19. The molecule has 2 heterocycles. The molecule has 0 radical (unpaired) electrons. The number of hydrogen-bond acceptors (Lipinski definition) is 2. The van der Waals surface area contributed by atoms with Crippen LogP contribution in [0.4, 0.5) is 0 Å². The summed E-state index contributed by atoms with van der Waals surface area (Å²) in [4.78, 5) is 15.3. The first-order valence-corrected chi connectivity index (χ1v) is 7.31. The lowest BCUT2D eigenvalue weighted by molar-refractivity contribution is 0.983. The lowest BCUT2D eigenvalue weighted by Gasteiger charge is -2.07. The Morgan fingerprint density at radius 3 is 2.48 bits per heavy atom. The van der Waals surface area contributed by atoms with Crippen LogP contribution in [-0.2, 0) is 7.05 Å². The number of fused-ring (bicyclic) bond motifs is 3. The maximum absolute atomic E-state index is 12.4. The van der Waals surface area contributed by atoms with Gasteiger partial charge in [0.2, 0.25) is 0 Å². The average Bonchev–Trinajstić information content (AvgIpc) is 2.87. The molecule has 2 aromatic carbocycles. The zero-order valence-electron chi connectivity index (χ0n) is 12.5. The van der Waals surface area contributed by atoms with E-state index in [9.17, 15) is 10.1 Å². The normalized spacial score (nSPS) is 11.0. The van der Waals surface area contributed by atoms with Gasteiger partial charge >= 0.3 is 0 Å². The third kappa shape index (κ3) is 1.80. The van der Waals surface area contributed by atoms with E-state index >= 15 is 0 Å². The molecule has 0 bridgehead atoms. The monoisotopic (exact) mass is 299 g/mol. The van der Waals surface area contributed by atoms with Crippen molar-refractivity contribution < 1.29 is 0 Å². The van der Waals surface area contributed by atoms with Gasteiger partial charge in [0.25, 0.3) is 5.56 Å². The molecule has 23 heavy (non-hydrogen) atoms. The van der Waals surface area contributed by atoms with Gasteiger partial charge in [-0.3, -0.25) is 4.79 Å². The summed E-state index contributed by atoms with van der Waals surface area (Å²) in [5.74, 6) is 0. The molecule has 4 nitrogen and oxygen atoms in total. The van der Waals surface area contributed by atoms with Crippen molar-refractivity contribution in [1.29, 1.82) is 5.26 Å². The molecular weight excluding hydrogens is 286 g/mol. The van der Waals surface area contributed by atoms with Crippen LogP contribution in [0.3, 0.4) is 0 Å². The highest BCUT2D eigenvalue weighted by Crippen LogP contribution is 2.35. The van der Waals surface area contributed by atoms with E-state index in [2.05, 4.69) is 11.1 Å². The van der Waals surface area contributed by atoms with Crippen molar-refractivity contribution in [3.05, 3.63) is 70.5 Å². The number of aromatic amines is 1. The lowest BCUT2D eigenvalue weighted by atomic mass is 9.97. The number of aromatic nitrogens is 2. The number of rotatable bonds is 1. The Kier molecular flexibility index (Phi) is 2.82. The molecule has 0 aliphatic heterocycles. The fraction of sp³-hybridized carbons (Fsp3) is 0.0526. The maximum Gasteiger partial charge on any atom is 0.268 e. The minimum Gasteiger partial charge on any atom is -0.330 e. The van der Waals surface area contributed by atoms with Crippen molar-refractivity contribution in [2.45, 2.75) is 0 Å². The van der Waals surface area contributed by atoms with Crippen molar-refractivity contribution in [2.75, 3.05) is 0 Å². The summed E-state index contributed by atoms with van der Waals surface area (Å²) in [6.07, 6.45) is 0. The molecule has 0 aliphatic carbocycles. The highest BCUT2D eigenvalue weighted by atomic mass is 16.1. The van der Waals surface area contributed by atoms with Crippen molar-refractivity contribution in [2.24, 2.45) is 7.05 Å². The van der Waals surface area contributed by atoms with E-state index in [-0.39, 0.29) is 11.1 Å². The van der Waals surface area contributed by atoms with Crippen molar-refractivity contribution in [3.8, 4) is 17.2 Å². The summed E-state index contributed by atoms with van der Waals surface area (Å²) in [5.41, 5.74) is 3.12. The Morgan fingerprint density at radius 2 is 1.74 bits per heavy atom. The molecule has 4 rings (SSSR count). The molecular formula is C19H13N3O. The number of H-pyrrole nitrogens is 1. The van der Waals surface area contributed by atoms with Crippen LogP contribution >= 0.6 is 0 Å². The van der Waals surface area contributed by atoms with Crippen LogP contribution in [0.5, 0.6) is 0 Å². The van der Waals surface area contributed by atoms with Crippen molar-refractivity contribution >= 4 is 21.9 Å². The lowest BCUT2D eigenvalue weighted by Crippen LogP contribution is -2.13. The topological polar surface area (TPSA) is 61.6 Å². The summed E-state index contributed by atoms with van der Waals surface area (Å²) in [6, 6.07) is 19.6. The predicted molar refractivity (Wildman–Crippen MR) is 91.2 cm³/mol. The van der Waals surface area contributed by atoms with Gasteiger partial charge in [0.15, 0.2) is 0 Å². The second-order valence-electron chi connectivity index (χ2n) is 5.48. The molecule has 0 spiro atoms. The van der Waals surface area contributed by atoms with Gasteiger partial charge in [-0.25, -0.2) is 0 Å². The van der Waals surface area contributed by atoms with E-state index in [0.29, 0.717) is 5.56 Å². The van der Waals surface area contributed by atoms with Gasteiger partial charge in [0.05, 0.1) is 5.52 Å². The van der Waals surface area contributed by atoms with Crippen LogP contribution in [0.25, 0.3) is 33.1 Å². The molecule has 2 aromatic heterocycles. The Morgan fingerprint density at radius 1 is 1.04 bits per heavy atom. The maximum atomic E-state index is 12.4. The van der Waals surface area contributed by atoms with E-state index in [1.165, 1.54) is 0 Å². The standard InChI is InChI=1S/C19H13N3O/c1-22-15-10-6-5-9-13(15)17-16(12-7-3-2-4-8-12)14(11-20)19(23)21-18(17)22/h2-10H,1H3,(H,21,23). The fourth-order valence-corrected chi connectivity index (χ4v) is 3.20. The van der Waals surface area contributed by atoms with Crippen LogP contribution in [0, 0.1) is 11.3 Å². The molecule has 1 N–H and O–H groups in total. The molecule has 4 aromatic rings. The van der Waals surface area contributed by atoms with Gasteiger partial charge in [0.1, 0.15) is 17.3 Å². The highest BCUT2D eigenvalue weighted by molar-refractivity contribution is 6.14. The molecule has 0 amide bonds. The molecule has 0 atom stereocenters. The van der Waals surface area contributed by atoms with Crippen molar-refractivity contribution in [3.63, 3.8) is 0 Å². The van der Waals surface area contributed by atoms with Crippen LogP contribution in [0.1, 0.15) is 5.56 Å². The molecule has 0 aliphatic rings. The molecule has 0 saturated carbocycles. The van der Waals surface area contributed by atoms with E-state index in [1.807, 2.05) is 66.2 Å². The first-order chi connectivity index (χ1) is 11.2. The van der Waals surface area contributed by atoms with Gasteiger partial charge in [-0.2, -0.15) is 5.26 Å². The van der Waals surface area contributed by atoms with E-state index in [4.69, 9.17) is 0 Å². The van der Waals surface area contributed by atoms with E-state index < -0.39 is 0 Å². The third-order valence-corrected chi connectivity index (χ3v) is 4.24. The third-order valence-electron chi connectivity index (χ3n) is 4.24. The number of aryl methyl sites for hydroxylation is 1. The molecule has 110 valence electrons. The van der Waals surface area contributed by atoms with Gasteiger partial charge in [-0.15, -0.1) is 0 Å². The Hall–Kier alpha value is -3.32. The molecule has 4 heteroatoms. The van der Waals surface area contributed by atoms with Crippen LogP contribution in [0.15, 0.2) is 59.4 Å². The number of para-hydroxylation sites is 1. The zero-order valence-corrected chi connectivity index (χ0v) is 12.5. The zero-order chi connectivity index (χ0) is 16.0. The Bertz CT molecular complexity index is 1140. The summed E-state index contributed by atoms with van der Waals surface area (Å²) in [7, 11) is 1.92. The largest absolute Gasteiger partial charge is 0.330 e. The first-order valence-electron chi connectivity index (χ1n) is 7.31. The minimum absolute atomic E-state index is 0.153. The van der Waals surface area contributed by atoms with E-state index in [1.54, 1.807) is 0 Å². The fourth-order valence-electron chi connectivity index (χ4n) is 3.20. The van der Waals surface area contributed by atoms with Crippen LogP contribution in [-0.4, -0.2) is 9.55 Å². The van der Waals surface area contributed by atoms with Crippen molar-refractivity contribution in [1.82, 2.24) is 9.55 Å². The quantitative estimate of drug-likeness (QED) is 0.584. The molecule has 0 fully saturated rings. The SMILES string of the molecule is Cn1c2ccccc2c2c(-c3ccccc3)c(C#N)c(=O)[nH]c21. The number of nitrogens with one attached hydrogen (secondary N) is 1.